The van der Waals surface area contributed by atoms with Crippen LogP contribution in [0.5, 0.6) is 0 Å². The van der Waals surface area contributed by atoms with Gasteiger partial charge in [-0.1, -0.05) is 18.2 Å². The molecule has 1 N–H and O–H groups in total. The normalized spacial score (nSPS) is 22.1. The smallest absolute Gasteiger partial charge is 0.274 e. The van der Waals surface area contributed by atoms with Gasteiger partial charge in [0.05, 0.1) is 5.41 Å². The van der Waals surface area contributed by atoms with Gasteiger partial charge >= 0.3 is 0 Å². The van der Waals surface area contributed by atoms with Crippen LogP contribution in [-0.2, 0) is 17.3 Å². The van der Waals surface area contributed by atoms with E-state index in [2.05, 4.69) is 16.0 Å². The van der Waals surface area contributed by atoms with Crippen molar-refractivity contribution in [3.8, 4) is 11.3 Å². The Labute approximate surface area is 172 Å². The van der Waals surface area contributed by atoms with E-state index in [0.717, 1.165) is 39.9 Å². The molecule has 1 amide bonds. The molecular formula is C24H20N4O2. The Morgan fingerprint density at radius 3 is 2.77 bits per heavy atom. The highest BCUT2D eigenvalue weighted by Crippen LogP contribution is 2.66. The number of anilines is 1. The lowest BCUT2D eigenvalue weighted by atomic mass is 9.91. The van der Waals surface area contributed by atoms with E-state index in [9.17, 15) is 9.59 Å². The van der Waals surface area contributed by atoms with E-state index >= 15 is 0 Å². The van der Waals surface area contributed by atoms with E-state index in [4.69, 9.17) is 0 Å². The van der Waals surface area contributed by atoms with Crippen LogP contribution in [0, 0.1) is 0 Å². The summed E-state index contributed by atoms with van der Waals surface area (Å²) in [7, 11) is 3.61. The van der Waals surface area contributed by atoms with Crippen LogP contribution in [-0.4, -0.2) is 27.5 Å². The summed E-state index contributed by atoms with van der Waals surface area (Å²) in [5, 5.41) is 0.888. The third-order valence-electron chi connectivity index (χ3n) is 6.74. The largest absolute Gasteiger partial charge is 0.350 e. The van der Waals surface area contributed by atoms with Crippen LogP contribution in [0.4, 0.5) is 5.69 Å². The van der Waals surface area contributed by atoms with Gasteiger partial charge in [0.2, 0.25) is 5.91 Å². The van der Waals surface area contributed by atoms with Crippen LogP contribution in [0.15, 0.2) is 65.8 Å². The highest BCUT2D eigenvalue weighted by molar-refractivity contribution is 6.11. The zero-order valence-electron chi connectivity index (χ0n) is 16.7. The fraction of sp³-hybridized carbons (Fsp3) is 0.208. The summed E-state index contributed by atoms with van der Waals surface area (Å²) in [5.41, 5.74) is 4.86. The predicted octanol–water partition coefficient (Wildman–Crippen LogP) is 3.33. The standard InChI is InChI=1S/C24H20N4O2/c1-27-13-16(15-10-19(26-21(15)22(27)29)14-6-5-9-25-12-14)18-11-24(18)17-7-3-4-8-20(17)28(2)23(24)30/h3-10,12-13,18,26H,11H2,1-2H3. The molecule has 1 aliphatic heterocycles. The van der Waals surface area contributed by atoms with E-state index in [-0.39, 0.29) is 17.4 Å². The molecule has 1 saturated carbocycles. The van der Waals surface area contributed by atoms with Gasteiger partial charge in [0.25, 0.3) is 5.56 Å². The summed E-state index contributed by atoms with van der Waals surface area (Å²) in [4.78, 5) is 35.4. The average Bonchev–Trinajstić information content (AvgIpc) is 3.30. The SMILES string of the molecule is CN1C(=O)C2(CC2c2cn(C)c(=O)c3[nH]c(-c4cccnc4)cc23)c2ccccc21. The summed E-state index contributed by atoms with van der Waals surface area (Å²) in [6.45, 7) is 0. The van der Waals surface area contributed by atoms with Crippen molar-refractivity contribution in [2.24, 2.45) is 7.05 Å². The number of aromatic nitrogens is 3. The topological polar surface area (TPSA) is 71.0 Å². The molecule has 148 valence electrons. The molecule has 1 spiro atoms. The van der Waals surface area contributed by atoms with Crippen molar-refractivity contribution >= 4 is 22.5 Å². The molecule has 3 aromatic heterocycles. The van der Waals surface area contributed by atoms with Gasteiger partial charge in [0.15, 0.2) is 0 Å². The van der Waals surface area contributed by atoms with Gasteiger partial charge < -0.3 is 14.5 Å². The first-order valence-corrected chi connectivity index (χ1v) is 10.0. The summed E-state index contributed by atoms with van der Waals surface area (Å²) < 4.78 is 1.61. The molecule has 0 radical (unpaired) electrons. The van der Waals surface area contributed by atoms with Gasteiger partial charge in [-0.25, -0.2) is 0 Å². The minimum absolute atomic E-state index is 0.0444. The molecule has 6 nitrogen and oxygen atoms in total. The Morgan fingerprint density at radius 2 is 1.97 bits per heavy atom. The molecule has 30 heavy (non-hydrogen) atoms. The minimum atomic E-state index is -0.526. The number of carbonyl (C=O) groups is 1. The molecule has 2 unspecified atom stereocenters. The van der Waals surface area contributed by atoms with Crippen molar-refractivity contribution in [2.45, 2.75) is 17.8 Å². The van der Waals surface area contributed by atoms with Crippen molar-refractivity contribution < 1.29 is 4.79 Å². The molecule has 6 rings (SSSR count). The molecule has 1 fully saturated rings. The Kier molecular flexibility index (Phi) is 3.26. The van der Waals surface area contributed by atoms with Gasteiger partial charge in [-0.15, -0.1) is 0 Å². The first-order chi connectivity index (χ1) is 14.5. The third kappa shape index (κ3) is 2.05. The minimum Gasteiger partial charge on any atom is -0.350 e. The van der Waals surface area contributed by atoms with Gasteiger partial charge in [0.1, 0.15) is 5.52 Å². The van der Waals surface area contributed by atoms with Crippen LogP contribution in [0.25, 0.3) is 22.2 Å². The Balaban J connectivity index is 1.55. The van der Waals surface area contributed by atoms with Crippen LogP contribution < -0.4 is 10.5 Å². The van der Waals surface area contributed by atoms with Crippen molar-refractivity contribution in [1.29, 1.82) is 0 Å². The zero-order chi connectivity index (χ0) is 20.6. The van der Waals surface area contributed by atoms with E-state index in [0.29, 0.717) is 5.52 Å². The van der Waals surface area contributed by atoms with Crippen LogP contribution in [0.1, 0.15) is 23.5 Å². The van der Waals surface area contributed by atoms with E-state index in [1.807, 2.05) is 49.6 Å². The molecule has 0 bridgehead atoms. The zero-order valence-corrected chi connectivity index (χ0v) is 16.7. The number of aryl methyl sites for hydroxylation is 1. The molecule has 2 aliphatic rings. The number of fused-ring (bicyclic) bond motifs is 3. The fourth-order valence-electron chi connectivity index (χ4n) is 5.16. The maximum atomic E-state index is 13.3. The number of pyridine rings is 2. The molecule has 2 atom stereocenters. The van der Waals surface area contributed by atoms with Crippen LogP contribution >= 0.6 is 0 Å². The number of likely N-dealkylation sites (N-methyl/N-ethyl adjacent to an activating group) is 1. The monoisotopic (exact) mass is 396 g/mol. The summed E-state index contributed by atoms with van der Waals surface area (Å²) in [5.74, 6) is 0.182. The van der Waals surface area contributed by atoms with E-state index in [1.165, 1.54) is 0 Å². The molecule has 4 heterocycles. The molecular weight excluding hydrogens is 376 g/mol. The van der Waals surface area contributed by atoms with Crippen LogP contribution in [0.3, 0.4) is 0 Å². The second kappa shape index (κ2) is 5.69. The number of hydrogen-bond donors (Lipinski definition) is 1. The predicted molar refractivity (Wildman–Crippen MR) is 116 cm³/mol. The number of nitrogens with one attached hydrogen (secondary N) is 1. The van der Waals surface area contributed by atoms with Crippen molar-refractivity contribution in [1.82, 2.24) is 14.5 Å². The van der Waals surface area contributed by atoms with E-state index in [1.54, 1.807) is 28.9 Å². The second-order valence-electron chi connectivity index (χ2n) is 8.32. The van der Waals surface area contributed by atoms with Gasteiger partial charge in [-0.3, -0.25) is 14.6 Å². The number of benzene rings is 1. The quantitative estimate of drug-likeness (QED) is 0.565. The van der Waals surface area contributed by atoms with Gasteiger partial charge in [-0.2, -0.15) is 0 Å². The molecule has 1 aliphatic carbocycles. The maximum absolute atomic E-state index is 13.3. The lowest BCUT2D eigenvalue weighted by Gasteiger charge is -2.12. The van der Waals surface area contributed by atoms with Gasteiger partial charge in [-0.05, 0) is 41.8 Å². The number of nitrogens with zero attached hydrogens (tertiary/aromatic N) is 3. The molecule has 6 heteroatoms. The van der Waals surface area contributed by atoms with Gasteiger partial charge in [0, 0.05) is 60.9 Å². The van der Waals surface area contributed by atoms with Crippen LogP contribution in [0.2, 0.25) is 0 Å². The number of aromatic amines is 1. The van der Waals surface area contributed by atoms with Crippen molar-refractivity contribution in [2.75, 3.05) is 11.9 Å². The highest BCUT2D eigenvalue weighted by Gasteiger charge is 2.67. The number of amides is 1. The summed E-state index contributed by atoms with van der Waals surface area (Å²) in [6, 6.07) is 13.9. The Bertz CT molecular complexity index is 1400. The number of rotatable bonds is 2. The second-order valence-corrected chi connectivity index (χ2v) is 8.32. The first kappa shape index (κ1) is 17.2. The maximum Gasteiger partial charge on any atom is 0.274 e. The number of hydrogen-bond acceptors (Lipinski definition) is 3. The summed E-state index contributed by atoms with van der Waals surface area (Å²) >= 11 is 0. The Morgan fingerprint density at radius 1 is 1.13 bits per heavy atom. The third-order valence-corrected chi connectivity index (χ3v) is 6.74. The number of para-hydroxylation sites is 1. The fourth-order valence-corrected chi connectivity index (χ4v) is 5.16. The number of H-pyrrole nitrogens is 1. The lowest BCUT2D eigenvalue weighted by Crippen LogP contribution is -2.29. The van der Waals surface area contributed by atoms with E-state index < -0.39 is 5.41 Å². The molecule has 4 aromatic rings. The van der Waals surface area contributed by atoms with Crippen molar-refractivity contribution in [3.05, 3.63) is 82.5 Å². The average molecular weight is 396 g/mol. The Hall–Kier alpha value is -3.67. The first-order valence-electron chi connectivity index (χ1n) is 10.0. The summed E-state index contributed by atoms with van der Waals surface area (Å²) in [6.07, 6.45) is 6.16. The molecule has 1 aromatic carbocycles. The van der Waals surface area contributed by atoms with Crippen molar-refractivity contribution in [3.63, 3.8) is 0 Å². The number of carbonyl (C=O) groups excluding carboxylic acids is 1. The lowest BCUT2D eigenvalue weighted by molar-refractivity contribution is -0.120. The highest BCUT2D eigenvalue weighted by atomic mass is 16.2. The molecule has 0 saturated heterocycles.